The Morgan fingerprint density at radius 2 is 2.07 bits per heavy atom. The highest BCUT2D eigenvalue weighted by Gasteiger charge is 2.25. The molecule has 160 valence electrons. The fourth-order valence-electron chi connectivity index (χ4n) is 4.85. The van der Waals surface area contributed by atoms with Gasteiger partial charge in [-0.15, -0.1) is 21.5 Å². The fourth-order valence-corrected chi connectivity index (χ4v) is 7.01. The van der Waals surface area contributed by atoms with E-state index in [0.717, 1.165) is 59.5 Å². The van der Waals surface area contributed by atoms with E-state index in [1.807, 2.05) is 11.3 Å². The lowest BCUT2D eigenvalue weighted by Gasteiger charge is -2.22. The molecular formula is C22H29N5OS2. The van der Waals surface area contributed by atoms with Crippen LogP contribution in [0, 0.1) is 5.92 Å². The van der Waals surface area contributed by atoms with Crippen molar-refractivity contribution < 1.29 is 4.79 Å². The van der Waals surface area contributed by atoms with Crippen LogP contribution in [0.1, 0.15) is 68.6 Å². The number of aromatic nitrogens is 4. The van der Waals surface area contributed by atoms with Crippen molar-refractivity contribution in [1.82, 2.24) is 24.9 Å². The molecule has 1 fully saturated rings. The highest BCUT2D eigenvalue weighted by Crippen LogP contribution is 2.39. The summed E-state index contributed by atoms with van der Waals surface area (Å²) in [6.45, 7) is 4.45. The molecule has 0 radical (unpaired) electrons. The minimum Gasteiger partial charge on any atom is -0.353 e. The normalized spacial score (nSPS) is 20.0. The van der Waals surface area contributed by atoms with Crippen LogP contribution >= 0.6 is 23.1 Å². The minimum absolute atomic E-state index is 0.0950. The molecule has 0 spiro atoms. The summed E-state index contributed by atoms with van der Waals surface area (Å²) in [4.78, 5) is 20.0. The van der Waals surface area contributed by atoms with Gasteiger partial charge in [0, 0.05) is 17.3 Å². The summed E-state index contributed by atoms with van der Waals surface area (Å²) in [5.41, 5.74) is 2.34. The molecule has 0 aliphatic heterocycles. The number of aryl methyl sites for hydroxylation is 2. The second kappa shape index (κ2) is 8.46. The van der Waals surface area contributed by atoms with E-state index < -0.39 is 0 Å². The molecule has 3 aromatic heterocycles. The number of nitrogens with one attached hydrogen (secondary N) is 1. The third kappa shape index (κ3) is 3.73. The third-order valence-corrected chi connectivity index (χ3v) is 8.53. The third-order valence-electron chi connectivity index (χ3n) is 6.46. The average Bonchev–Trinajstić information content (AvgIpc) is 3.32. The van der Waals surface area contributed by atoms with Gasteiger partial charge in [0.2, 0.25) is 5.91 Å². The van der Waals surface area contributed by atoms with E-state index in [0.29, 0.717) is 11.8 Å². The zero-order valence-electron chi connectivity index (χ0n) is 17.7. The molecule has 30 heavy (non-hydrogen) atoms. The molecule has 1 atom stereocenters. The first-order valence-electron chi connectivity index (χ1n) is 11.2. The highest BCUT2D eigenvalue weighted by atomic mass is 32.2. The van der Waals surface area contributed by atoms with Crippen LogP contribution in [0.25, 0.3) is 15.9 Å². The first-order chi connectivity index (χ1) is 14.6. The largest absolute Gasteiger partial charge is 0.353 e. The molecule has 3 heterocycles. The van der Waals surface area contributed by atoms with Gasteiger partial charge >= 0.3 is 0 Å². The Hall–Kier alpha value is -1.67. The van der Waals surface area contributed by atoms with Gasteiger partial charge in [0.1, 0.15) is 10.7 Å². The number of hydrogen-bond donors (Lipinski definition) is 1. The molecule has 0 aromatic carbocycles. The minimum atomic E-state index is 0.0950. The Bertz CT molecular complexity index is 1080. The predicted octanol–water partition coefficient (Wildman–Crippen LogP) is 4.57. The van der Waals surface area contributed by atoms with Gasteiger partial charge in [-0.2, -0.15) is 0 Å². The zero-order chi connectivity index (χ0) is 20.7. The van der Waals surface area contributed by atoms with Crippen molar-refractivity contribution in [1.29, 1.82) is 0 Å². The molecular weight excluding hydrogens is 414 g/mol. The van der Waals surface area contributed by atoms with Crippen LogP contribution < -0.4 is 5.32 Å². The molecule has 3 aromatic rings. The number of fused-ring (bicyclic) bond motifs is 5. The quantitative estimate of drug-likeness (QED) is 0.585. The zero-order valence-corrected chi connectivity index (χ0v) is 19.4. The maximum atomic E-state index is 12.5. The van der Waals surface area contributed by atoms with E-state index in [2.05, 4.69) is 33.8 Å². The SMILES string of the molecule is CCc1nc2sc3c(c2c2nnc(SCC(=O)NC4CCCCC4)n12)CCC(C)C3. The van der Waals surface area contributed by atoms with Crippen LogP contribution in [0.5, 0.6) is 0 Å². The number of rotatable bonds is 5. The molecule has 1 unspecified atom stereocenters. The molecule has 1 N–H and O–H groups in total. The molecule has 1 saturated carbocycles. The molecule has 5 rings (SSSR count). The molecule has 2 aliphatic carbocycles. The summed E-state index contributed by atoms with van der Waals surface area (Å²) >= 11 is 3.30. The standard InChI is InChI=1S/C22H29N5OS2/c1-3-17-24-21-19(15-10-9-13(2)11-16(15)30-21)20-25-26-22(27(17)20)29-12-18(28)23-14-7-5-4-6-8-14/h13-14H,3-12H2,1-2H3,(H,23,28). The molecule has 0 saturated heterocycles. The van der Waals surface area contributed by atoms with Gasteiger partial charge in [0.15, 0.2) is 10.8 Å². The topological polar surface area (TPSA) is 72.2 Å². The Morgan fingerprint density at radius 3 is 2.87 bits per heavy atom. The van der Waals surface area contributed by atoms with Crippen molar-refractivity contribution >= 4 is 44.9 Å². The van der Waals surface area contributed by atoms with E-state index in [4.69, 9.17) is 4.98 Å². The average molecular weight is 444 g/mol. The lowest BCUT2D eigenvalue weighted by atomic mass is 9.89. The van der Waals surface area contributed by atoms with Gasteiger partial charge in [-0.1, -0.05) is 44.9 Å². The first kappa shape index (κ1) is 20.2. The maximum Gasteiger partial charge on any atom is 0.230 e. The van der Waals surface area contributed by atoms with Gasteiger partial charge in [0.05, 0.1) is 11.1 Å². The Labute approximate surface area is 185 Å². The number of nitrogens with zero attached hydrogens (tertiary/aromatic N) is 4. The number of thioether (sulfide) groups is 1. The van der Waals surface area contributed by atoms with E-state index in [-0.39, 0.29) is 5.91 Å². The van der Waals surface area contributed by atoms with Gasteiger partial charge < -0.3 is 5.32 Å². The fraction of sp³-hybridized carbons (Fsp3) is 0.636. The number of carbonyl (C=O) groups excluding carboxylic acids is 1. The van der Waals surface area contributed by atoms with Crippen LogP contribution in [0.15, 0.2) is 5.16 Å². The van der Waals surface area contributed by atoms with Crippen molar-refractivity contribution in [3.05, 3.63) is 16.3 Å². The number of hydrogen-bond acceptors (Lipinski definition) is 6. The highest BCUT2D eigenvalue weighted by molar-refractivity contribution is 7.99. The van der Waals surface area contributed by atoms with E-state index in [9.17, 15) is 4.79 Å². The van der Waals surface area contributed by atoms with Gasteiger partial charge in [-0.05, 0) is 43.6 Å². The van der Waals surface area contributed by atoms with Gasteiger partial charge in [0.25, 0.3) is 0 Å². The number of carbonyl (C=O) groups is 1. The lowest BCUT2D eigenvalue weighted by Crippen LogP contribution is -2.37. The van der Waals surface area contributed by atoms with E-state index >= 15 is 0 Å². The second-order valence-electron chi connectivity index (χ2n) is 8.75. The number of thiophene rings is 1. The van der Waals surface area contributed by atoms with Crippen LogP contribution in [0.2, 0.25) is 0 Å². The van der Waals surface area contributed by atoms with Crippen molar-refractivity contribution in [2.24, 2.45) is 5.92 Å². The summed E-state index contributed by atoms with van der Waals surface area (Å²) < 4.78 is 2.09. The van der Waals surface area contributed by atoms with Crippen LogP contribution in [-0.4, -0.2) is 37.3 Å². The lowest BCUT2D eigenvalue weighted by molar-refractivity contribution is -0.119. The Kier molecular flexibility index (Phi) is 5.71. The molecule has 0 bridgehead atoms. The Balaban J connectivity index is 1.43. The summed E-state index contributed by atoms with van der Waals surface area (Å²) in [7, 11) is 0. The maximum absolute atomic E-state index is 12.5. The second-order valence-corrected chi connectivity index (χ2v) is 10.8. The molecule has 2 aliphatic rings. The summed E-state index contributed by atoms with van der Waals surface area (Å²) in [5, 5.41) is 14.2. The first-order valence-corrected chi connectivity index (χ1v) is 13.0. The predicted molar refractivity (Wildman–Crippen MR) is 122 cm³/mol. The monoisotopic (exact) mass is 443 g/mol. The van der Waals surface area contributed by atoms with Gasteiger partial charge in [-0.3, -0.25) is 9.20 Å². The smallest absolute Gasteiger partial charge is 0.230 e. The van der Waals surface area contributed by atoms with E-state index in [1.54, 1.807) is 0 Å². The van der Waals surface area contributed by atoms with E-state index in [1.165, 1.54) is 53.3 Å². The molecule has 1 amide bonds. The van der Waals surface area contributed by atoms with Crippen molar-refractivity contribution in [2.45, 2.75) is 82.8 Å². The Morgan fingerprint density at radius 1 is 1.23 bits per heavy atom. The van der Waals surface area contributed by atoms with Crippen molar-refractivity contribution in [3.63, 3.8) is 0 Å². The van der Waals surface area contributed by atoms with Gasteiger partial charge in [-0.25, -0.2) is 4.98 Å². The molecule has 8 heteroatoms. The molecule has 6 nitrogen and oxygen atoms in total. The van der Waals surface area contributed by atoms with Crippen molar-refractivity contribution in [3.8, 4) is 0 Å². The summed E-state index contributed by atoms with van der Waals surface area (Å²) in [6, 6.07) is 0.342. The van der Waals surface area contributed by atoms with Crippen molar-refractivity contribution in [2.75, 3.05) is 5.75 Å². The van der Waals surface area contributed by atoms with Crippen LogP contribution in [0.4, 0.5) is 0 Å². The number of amides is 1. The van der Waals surface area contributed by atoms with Crippen LogP contribution in [-0.2, 0) is 24.1 Å². The summed E-state index contributed by atoms with van der Waals surface area (Å²) in [6.07, 6.45) is 10.2. The summed E-state index contributed by atoms with van der Waals surface area (Å²) in [5.74, 6) is 2.18. The van der Waals surface area contributed by atoms with Crippen LogP contribution in [0.3, 0.4) is 0 Å².